The molecule has 0 bridgehead atoms. The Balaban J connectivity index is 2.51. The standard InChI is InChI=1S/C21H27ClN2O5S/c1-12-8-15(22)9-13(2)19(12)29-20-18(21(26)28-4)17(10-14(3)23-20)24-16(11-25)6-7-30(5)27/h8-10,16,25H,6-7,11H2,1-5H3,(H,23,24). The third-order valence-electron chi connectivity index (χ3n) is 4.46. The van der Waals surface area contributed by atoms with Gasteiger partial charge in [-0.25, -0.2) is 9.78 Å². The highest BCUT2D eigenvalue weighted by Crippen LogP contribution is 2.35. The third kappa shape index (κ3) is 6.17. The minimum absolute atomic E-state index is 0.0913. The van der Waals surface area contributed by atoms with Crippen molar-refractivity contribution in [2.24, 2.45) is 0 Å². The van der Waals surface area contributed by atoms with Crippen molar-refractivity contribution in [1.29, 1.82) is 0 Å². The summed E-state index contributed by atoms with van der Waals surface area (Å²) in [6.45, 7) is 5.29. The number of aliphatic hydroxyl groups excluding tert-OH is 1. The molecule has 1 aromatic carbocycles. The summed E-state index contributed by atoms with van der Waals surface area (Å²) < 4.78 is 22.4. The number of aromatic nitrogens is 1. The Hall–Kier alpha value is -2.16. The molecule has 2 N–H and O–H groups in total. The zero-order valence-corrected chi connectivity index (χ0v) is 19.3. The van der Waals surface area contributed by atoms with E-state index >= 15 is 0 Å². The van der Waals surface area contributed by atoms with Crippen molar-refractivity contribution in [2.75, 3.05) is 31.0 Å². The van der Waals surface area contributed by atoms with E-state index in [4.69, 9.17) is 21.1 Å². The van der Waals surface area contributed by atoms with Gasteiger partial charge in [0.15, 0.2) is 0 Å². The summed E-state index contributed by atoms with van der Waals surface area (Å²) in [5.74, 6) is 0.435. The number of pyridine rings is 1. The summed E-state index contributed by atoms with van der Waals surface area (Å²) in [6.07, 6.45) is 2.07. The fraction of sp³-hybridized carbons (Fsp3) is 0.429. The quantitative estimate of drug-likeness (QED) is 0.556. The lowest BCUT2D eigenvalue weighted by Crippen LogP contribution is -2.27. The maximum atomic E-state index is 12.6. The van der Waals surface area contributed by atoms with Gasteiger partial charge in [0.2, 0.25) is 5.88 Å². The van der Waals surface area contributed by atoms with Gasteiger partial charge in [-0.15, -0.1) is 0 Å². The Labute approximate surface area is 184 Å². The fourth-order valence-corrected chi connectivity index (χ4v) is 3.97. The number of benzene rings is 1. The lowest BCUT2D eigenvalue weighted by molar-refractivity contribution is 0.0598. The van der Waals surface area contributed by atoms with Crippen LogP contribution in [0.25, 0.3) is 0 Å². The molecule has 2 atom stereocenters. The van der Waals surface area contributed by atoms with Crippen molar-refractivity contribution < 1.29 is 23.6 Å². The second-order valence-electron chi connectivity index (χ2n) is 7.04. The molecule has 0 aliphatic rings. The number of hydrogen-bond donors (Lipinski definition) is 2. The number of nitrogens with one attached hydrogen (secondary N) is 1. The molecule has 2 aromatic rings. The van der Waals surface area contributed by atoms with Gasteiger partial charge in [0.1, 0.15) is 11.3 Å². The largest absolute Gasteiger partial charge is 0.465 e. The Bertz CT molecular complexity index is 928. The van der Waals surface area contributed by atoms with Crippen molar-refractivity contribution in [3.8, 4) is 11.6 Å². The second kappa shape index (κ2) is 10.7. The van der Waals surface area contributed by atoms with E-state index in [0.29, 0.717) is 34.3 Å². The monoisotopic (exact) mass is 454 g/mol. The number of methoxy groups -OCH3 is 1. The van der Waals surface area contributed by atoms with Gasteiger partial charge in [0.25, 0.3) is 0 Å². The van der Waals surface area contributed by atoms with Crippen molar-refractivity contribution >= 4 is 34.1 Å². The fourth-order valence-electron chi connectivity index (χ4n) is 3.02. The molecule has 2 unspecified atom stereocenters. The molecule has 0 saturated heterocycles. The molecule has 0 aliphatic heterocycles. The Morgan fingerprint density at radius 1 is 1.27 bits per heavy atom. The van der Waals surface area contributed by atoms with Crippen LogP contribution in [0.15, 0.2) is 18.2 Å². The minimum Gasteiger partial charge on any atom is -0.465 e. The molecule has 30 heavy (non-hydrogen) atoms. The molecule has 2 rings (SSSR count). The van der Waals surface area contributed by atoms with E-state index < -0.39 is 22.8 Å². The number of anilines is 1. The van der Waals surface area contributed by atoms with Crippen LogP contribution in [0, 0.1) is 20.8 Å². The SMILES string of the molecule is COC(=O)c1c(NC(CO)CCS(C)=O)cc(C)nc1Oc1c(C)cc(Cl)cc1C. The number of hydrogen-bond acceptors (Lipinski definition) is 7. The summed E-state index contributed by atoms with van der Waals surface area (Å²) in [4.78, 5) is 17.0. The smallest absolute Gasteiger partial charge is 0.345 e. The molecule has 1 heterocycles. The van der Waals surface area contributed by atoms with Crippen molar-refractivity contribution in [1.82, 2.24) is 4.98 Å². The molecule has 164 valence electrons. The van der Waals surface area contributed by atoms with Gasteiger partial charge in [0, 0.05) is 33.5 Å². The molecular formula is C21H27ClN2O5S. The number of ether oxygens (including phenoxy) is 2. The van der Waals surface area contributed by atoms with Crippen LogP contribution >= 0.6 is 11.6 Å². The molecule has 0 radical (unpaired) electrons. The maximum Gasteiger partial charge on any atom is 0.345 e. The highest BCUT2D eigenvalue weighted by atomic mass is 35.5. The Morgan fingerprint density at radius 2 is 1.90 bits per heavy atom. The summed E-state index contributed by atoms with van der Waals surface area (Å²) in [6, 6.07) is 4.82. The molecule has 9 heteroatoms. The zero-order chi connectivity index (χ0) is 22.4. The van der Waals surface area contributed by atoms with Gasteiger partial charge in [-0.05, 0) is 56.5 Å². The summed E-state index contributed by atoms with van der Waals surface area (Å²) in [7, 11) is 0.281. The topological polar surface area (TPSA) is 97.8 Å². The molecule has 0 aliphatic carbocycles. The summed E-state index contributed by atoms with van der Waals surface area (Å²) >= 11 is 6.10. The van der Waals surface area contributed by atoms with Crippen LogP contribution in [0.3, 0.4) is 0 Å². The molecule has 0 amide bonds. The summed E-state index contributed by atoms with van der Waals surface area (Å²) in [5, 5.41) is 13.5. The second-order valence-corrected chi connectivity index (χ2v) is 9.03. The number of aliphatic hydroxyl groups is 1. The number of carbonyl (C=O) groups excluding carboxylic acids is 1. The van der Waals surface area contributed by atoms with E-state index in [1.54, 1.807) is 31.4 Å². The first-order valence-corrected chi connectivity index (χ1v) is 11.5. The summed E-state index contributed by atoms with van der Waals surface area (Å²) in [5.41, 5.74) is 2.75. The zero-order valence-electron chi connectivity index (χ0n) is 17.7. The van der Waals surface area contributed by atoms with Gasteiger partial charge in [-0.3, -0.25) is 4.21 Å². The minimum atomic E-state index is -0.995. The van der Waals surface area contributed by atoms with E-state index in [0.717, 1.165) is 11.1 Å². The molecule has 1 aromatic heterocycles. The maximum absolute atomic E-state index is 12.6. The average molecular weight is 455 g/mol. The normalized spacial score (nSPS) is 12.9. The van der Waals surface area contributed by atoms with Gasteiger partial charge in [-0.2, -0.15) is 0 Å². The van der Waals surface area contributed by atoms with E-state index in [1.165, 1.54) is 7.11 Å². The van der Waals surface area contributed by atoms with Crippen LogP contribution in [0.4, 0.5) is 5.69 Å². The van der Waals surface area contributed by atoms with E-state index in [9.17, 15) is 14.1 Å². The lowest BCUT2D eigenvalue weighted by atomic mass is 10.1. The lowest BCUT2D eigenvalue weighted by Gasteiger charge is -2.21. The van der Waals surface area contributed by atoms with E-state index in [1.807, 2.05) is 13.8 Å². The Morgan fingerprint density at radius 3 is 2.43 bits per heavy atom. The number of carbonyl (C=O) groups is 1. The van der Waals surface area contributed by atoms with Crippen molar-refractivity contribution in [3.63, 3.8) is 0 Å². The van der Waals surface area contributed by atoms with Crippen molar-refractivity contribution in [2.45, 2.75) is 33.2 Å². The van der Waals surface area contributed by atoms with Crippen LogP contribution < -0.4 is 10.1 Å². The van der Waals surface area contributed by atoms with E-state index in [2.05, 4.69) is 10.3 Å². The predicted molar refractivity (Wildman–Crippen MR) is 119 cm³/mol. The number of nitrogens with zero attached hydrogens (tertiary/aromatic N) is 1. The molecule has 7 nitrogen and oxygen atoms in total. The Kier molecular flexibility index (Phi) is 8.64. The molecule has 0 spiro atoms. The van der Waals surface area contributed by atoms with Crippen molar-refractivity contribution in [3.05, 3.63) is 45.6 Å². The number of aryl methyl sites for hydroxylation is 3. The van der Waals surface area contributed by atoms with Gasteiger partial charge >= 0.3 is 5.97 Å². The highest BCUT2D eigenvalue weighted by Gasteiger charge is 2.24. The number of halogens is 1. The van der Waals surface area contributed by atoms with E-state index in [-0.39, 0.29) is 18.1 Å². The number of esters is 1. The van der Waals surface area contributed by atoms with Gasteiger partial charge in [-0.1, -0.05) is 11.6 Å². The average Bonchev–Trinajstić information content (AvgIpc) is 2.66. The van der Waals surface area contributed by atoms with Gasteiger partial charge < -0.3 is 19.9 Å². The van der Waals surface area contributed by atoms with Crippen LogP contribution in [0.1, 0.15) is 33.6 Å². The molecule has 0 saturated carbocycles. The molecular weight excluding hydrogens is 428 g/mol. The first kappa shape index (κ1) is 24.1. The highest BCUT2D eigenvalue weighted by molar-refractivity contribution is 7.84. The van der Waals surface area contributed by atoms with Crippen LogP contribution in [-0.2, 0) is 15.5 Å². The first-order chi connectivity index (χ1) is 14.2. The molecule has 0 fully saturated rings. The van der Waals surface area contributed by atoms with Crippen LogP contribution in [-0.4, -0.2) is 52.0 Å². The van der Waals surface area contributed by atoms with Crippen LogP contribution in [0.5, 0.6) is 11.6 Å². The third-order valence-corrected chi connectivity index (χ3v) is 5.49. The van der Waals surface area contributed by atoms with Crippen LogP contribution in [0.2, 0.25) is 5.02 Å². The van der Waals surface area contributed by atoms with Gasteiger partial charge in [0.05, 0.1) is 25.4 Å². The number of rotatable bonds is 9. The first-order valence-electron chi connectivity index (χ1n) is 9.38. The predicted octanol–water partition coefficient (Wildman–Crippen LogP) is 3.78.